The van der Waals surface area contributed by atoms with Crippen molar-refractivity contribution < 1.29 is 9.90 Å². The quantitative estimate of drug-likeness (QED) is 0.658. The Morgan fingerprint density at radius 3 is 2.65 bits per heavy atom. The van der Waals surface area contributed by atoms with Crippen LogP contribution in [-0.4, -0.2) is 48.7 Å². The van der Waals surface area contributed by atoms with Crippen LogP contribution in [0.25, 0.3) is 0 Å². The van der Waals surface area contributed by atoms with Crippen molar-refractivity contribution in [3.8, 4) is 0 Å². The first-order valence-corrected chi connectivity index (χ1v) is 6.84. The number of carbonyl (C=O) groups is 1. The van der Waals surface area contributed by atoms with Gasteiger partial charge in [-0.2, -0.15) is 0 Å². The molecule has 0 aromatic rings. The molecule has 0 radical (unpaired) electrons. The van der Waals surface area contributed by atoms with Crippen molar-refractivity contribution in [3.63, 3.8) is 0 Å². The van der Waals surface area contributed by atoms with Gasteiger partial charge < -0.3 is 15.3 Å². The largest absolute Gasteiger partial charge is 0.395 e. The van der Waals surface area contributed by atoms with E-state index in [2.05, 4.69) is 5.32 Å². The molecule has 0 heterocycles. The molecule has 0 aromatic carbocycles. The van der Waals surface area contributed by atoms with Gasteiger partial charge in [0.25, 0.3) is 0 Å². The second-order valence-corrected chi connectivity index (χ2v) is 4.81. The predicted molar refractivity (Wildman–Crippen MR) is 68.8 cm³/mol. The van der Waals surface area contributed by atoms with Gasteiger partial charge in [-0.1, -0.05) is 19.3 Å². The lowest BCUT2D eigenvalue weighted by molar-refractivity contribution is -0.134. The average Bonchev–Trinajstić information content (AvgIpc) is 2.37. The van der Waals surface area contributed by atoms with E-state index < -0.39 is 0 Å². The smallest absolute Gasteiger partial charge is 0.222 e. The fraction of sp³-hybridized carbons (Fsp3) is 0.923. The van der Waals surface area contributed by atoms with Crippen molar-refractivity contribution >= 4 is 5.91 Å². The second-order valence-electron chi connectivity index (χ2n) is 4.81. The lowest BCUT2D eigenvalue weighted by Crippen LogP contribution is -2.43. The lowest BCUT2D eigenvalue weighted by Gasteiger charge is -2.34. The minimum Gasteiger partial charge on any atom is -0.395 e. The summed E-state index contributed by atoms with van der Waals surface area (Å²) in [5.41, 5.74) is 0. The van der Waals surface area contributed by atoms with E-state index in [4.69, 9.17) is 5.11 Å². The highest BCUT2D eigenvalue weighted by molar-refractivity contribution is 5.76. The second kappa shape index (κ2) is 8.48. The Balaban J connectivity index is 2.42. The van der Waals surface area contributed by atoms with Crippen LogP contribution < -0.4 is 5.32 Å². The molecule has 0 unspecified atom stereocenters. The summed E-state index contributed by atoms with van der Waals surface area (Å²) in [5.74, 6) is 0.209. The standard InChI is InChI=1S/C13H26N2O2/c1-14-9-5-8-13(17)15(10-11-16)12-6-3-2-4-7-12/h12,14,16H,2-11H2,1H3. The van der Waals surface area contributed by atoms with E-state index in [1.165, 1.54) is 19.3 Å². The number of hydrogen-bond acceptors (Lipinski definition) is 3. The average molecular weight is 242 g/mol. The summed E-state index contributed by atoms with van der Waals surface area (Å²) in [7, 11) is 1.90. The van der Waals surface area contributed by atoms with Crippen LogP contribution in [0.5, 0.6) is 0 Å². The van der Waals surface area contributed by atoms with E-state index in [0.29, 0.717) is 19.0 Å². The van der Waals surface area contributed by atoms with E-state index >= 15 is 0 Å². The highest BCUT2D eigenvalue weighted by atomic mass is 16.3. The Kier molecular flexibility index (Phi) is 7.21. The molecule has 100 valence electrons. The summed E-state index contributed by atoms with van der Waals surface area (Å²) in [6, 6.07) is 0.373. The third-order valence-corrected chi connectivity index (χ3v) is 3.49. The van der Waals surface area contributed by atoms with Crippen molar-refractivity contribution in [2.45, 2.75) is 51.0 Å². The van der Waals surface area contributed by atoms with Gasteiger partial charge in [-0.15, -0.1) is 0 Å². The van der Waals surface area contributed by atoms with Crippen LogP contribution in [0.4, 0.5) is 0 Å². The Bertz CT molecular complexity index is 215. The molecule has 0 bridgehead atoms. The summed E-state index contributed by atoms with van der Waals surface area (Å²) in [4.78, 5) is 14.0. The number of aliphatic hydroxyl groups excluding tert-OH is 1. The summed E-state index contributed by atoms with van der Waals surface area (Å²) in [6.45, 7) is 1.46. The van der Waals surface area contributed by atoms with Crippen molar-refractivity contribution in [2.24, 2.45) is 0 Å². The molecule has 0 atom stereocenters. The van der Waals surface area contributed by atoms with Crippen LogP contribution in [-0.2, 0) is 4.79 Å². The Morgan fingerprint density at radius 1 is 1.35 bits per heavy atom. The van der Waals surface area contributed by atoms with Crippen LogP contribution in [0.15, 0.2) is 0 Å². The number of hydrogen-bond donors (Lipinski definition) is 2. The number of carbonyl (C=O) groups excluding carboxylic acids is 1. The molecule has 0 aromatic heterocycles. The molecule has 17 heavy (non-hydrogen) atoms. The Labute approximate surface area is 104 Å². The fourth-order valence-electron chi connectivity index (χ4n) is 2.57. The maximum Gasteiger partial charge on any atom is 0.222 e. The zero-order valence-electron chi connectivity index (χ0n) is 11.0. The molecule has 1 aliphatic carbocycles. The van der Waals surface area contributed by atoms with Gasteiger partial charge in [-0.25, -0.2) is 0 Å². The Hall–Kier alpha value is -0.610. The van der Waals surface area contributed by atoms with Gasteiger partial charge in [0.2, 0.25) is 5.91 Å². The van der Waals surface area contributed by atoms with E-state index in [0.717, 1.165) is 25.8 Å². The van der Waals surface area contributed by atoms with E-state index in [1.807, 2.05) is 11.9 Å². The molecule has 4 heteroatoms. The van der Waals surface area contributed by atoms with Crippen LogP contribution >= 0.6 is 0 Å². The van der Waals surface area contributed by atoms with Gasteiger partial charge in [0, 0.05) is 19.0 Å². The monoisotopic (exact) mass is 242 g/mol. The highest BCUT2D eigenvalue weighted by Crippen LogP contribution is 2.23. The first kappa shape index (κ1) is 14.5. The van der Waals surface area contributed by atoms with Crippen LogP contribution in [0.2, 0.25) is 0 Å². The maximum absolute atomic E-state index is 12.1. The van der Waals surface area contributed by atoms with Gasteiger partial charge in [-0.05, 0) is 32.9 Å². The lowest BCUT2D eigenvalue weighted by atomic mass is 9.94. The number of rotatable bonds is 7. The van der Waals surface area contributed by atoms with Crippen molar-refractivity contribution in [3.05, 3.63) is 0 Å². The molecular formula is C13H26N2O2. The third kappa shape index (κ3) is 5.04. The van der Waals surface area contributed by atoms with Gasteiger partial charge in [0.1, 0.15) is 0 Å². The van der Waals surface area contributed by atoms with Gasteiger partial charge >= 0.3 is 0 Å². The highest BCUT2D eigenvalue weighted by Gasteiger charge is 2.24. The van der Waals surface area contributed by atoms with Crippen molar-refractivity contribution in [1.29, 1.82) is 0 Å². The molecule has 2 N–H and O–H groups in total. The fourth-order valence-corrected chi connectivity index (χ4v) is 2.57. The molecule has 1 rings (SSSR count). The number of nitrogens with one attached hydrogen (secondary N) is 1. The number of nitrogens with zero attached hydrogens (tertiary/aromatic N) is 1. The molecule has 1 fully saturated rings. The number of aliphatic hydroxyl groups is 1. The van der Waals surface area contributed by atoms with Crippen molar-refractivity contribution in [1.82, 2.24) is 10.2 Å². The summed E-state index contributed by atoms with van der Waals surface area (Å²) in [5, 5.41) is 12.1. The van der Waals surface area contributed by atoms with E-state index in [-0.39, 0.29) is 12.5 Å². The van der Waals surface area contributed by atoms with Crippen LogP contribution in [0, 0.1) is 0 Å². The SMILES string of the molecule is CNCCCC(=O)N(CCO)C1CCCCC1. The predicted octanol–water partition coefficient (Wildman–Crippen LogP) is 1.14. The van der Waals surface area contributed by atoms with Gasteiger partial charge in [-0.3, -0.25) is 4.79 Å². The molecule has 0 spiro atoms. The molecule has 1 saturated carbocycles. The summed E-state index contributed by atoms with van der Waals surface area (Å²) < 4.78 is 0. The van der Waals surface area contributed by atoms with Gasteiger partial charge in [0.15, 0.2) is 0 Å². The van der Waals surface area contributed by atoms with E-state index in [1.54, 1.807) is 0 Å². The van der Waals surface area contributed by atoms with Crippen LogP contribution in [0.3, 0.4) is 0 Å². The summed E-state index contributed by atoms with van der Waals surface area (Å²) >= 11 is 0. The first-order valence-electron chi connectivity index (χ1n) is 6.84. The molecule has 1 amide bonds. The molecule has 1 aliphatic rings. The third-order valence-electron chi connectivity index (χ3n) is 3.49. The molecule has 0 aliphatic heterocycles. The zero-order valence-corrected chi connectivity index (χ0v) is 11.0. The zero-order chi connectivity index (χ0) is 12.5. The topological polar surface area (TPSA) is 52.6 Å². The Morgan fingerprint density at radius 2 is 2.06 bits per heavy atom. The normalized spacial score (nSPS) is 17.1. The van der Waals surface area contributed by atoms with Gasteiger partial charge in [0.05, 0.1) is 6.61 Å². The minimum atomic E-state index is 0.0776. The summed E-state index contributed by atoms with van der Waals surface area (Å²) in [6.07, 6.45) is 7.42. The molecular weight excluding hydrogens is 216 g/mol. The van der Waals surface area contributed by atoms with Crippen molar-refractivity contribution in [2.75, 3.05) is 26.7 Å². The molecule has 4 nitrogen and oxygen atoms in total. The molecule has 0 saturated heterocycles. The van der Waals surface area contributed by atoms with E-state index in [9.17, 15) is 4.79 Å². The number of amides is 1. The first-order chi connectivity index (χ1) is 8.29. The van der Waals surface area contributed by atoms with Crippen LogP contribution in [0.1, 0.15) is 44.9 Å². The maximum atomic E-state index is 12.1. The minimum absolute atomic E-state index is 0.0776.